The van der Waals surface area contributed by atoms with Gasteiger partial charge in [0.1, 0.15) is 6.17 Å². The monoisotopic (exact) mass is 568 g/mol. The molecule has 2 N–H and O–H groups in total. The number of aromatic nitrogens is 4. The van der Waals surface area contributed by atoms with Crippen LogP contribution >= 0.6 is 0 Å². The molecule has 222 valence electrons. The third-order valence-electron chi connectivity index (χ3n) is 9.27. The Balaban J connectivity index is 1.38. The van der Waals surface area contributed by atoms with E-state index in [2.05, 4.69) is 10.4 Å². The maximum atomic E-state index is 14.3. The first-order chi connectivity index (χ1) is 18.9. The molecule has 5 rings (SSSR count). The summed E-state index contributed by atoms with van der Waals surface area (Å²) < 4.78 is 66.1. The zero-order chi connectivity index (χ0) is 28.8. The lowest BCUT2D eigenvalue weighted by molar-refractivity contribution is -0.142. The fraction of sp³-hybridized carbons (Fsp3) is 0.750. The molecule has 0 aromatic carbocycles. The Bertz CT molecular complexity index is 1250. The molecule has 0 aliphatic heterocycles. The van der Waals surface area contributed by atoms with Crippen molar-refractivity contribution in [1.82, 2.24) is 24.2 Å². The second-order valence-corrected chi connectivity index (χ2v) is 12.2. The first-order valence-electron chi connectivity index (χ1n) is 14.3. The van der Waals surface area contributed by atoms with Crippen LogP contribution in [0.1, 0.15) is 68.5 Å². The molecule has 3 saturated carbocycles. The number of rotatable bonds is 8. The predicted octanol–water partition coefficient (Wildman–Crippen LogP) is 4.31. The number of halogens is 4. The molecule has 8 nitrogen and oxygen atoms in total. The maximum Gasteiger partial charge on any atom is 0.435 e. The third-order valence-corrected chi connectivity index (χ3v) is 9.27. The number of methoxy groups -OCH3 is 1. The molecule has 40 heavy (non-hydrogen) atoms. The van der Waals surface area contributed by atoms with Crippen LogP contribution in [0.5, 0.6) is 0 Å². The first kappa shape index (κ1) is 28.9. The molecular weight excluding hydrogens is 528 g/mol. The van der Waals surface area contributed by atoms with Gasteiger partial charge in [-0.05, 0) is 75.0 Å². The molecule has 3 fully saturated rings. The van der Waals surface area contributed by atoms with Crippen LogP contribution < -0.4 is 10.9 Å². The van der Waals surface area contributed by atoms with Gasteiger partial charge in [-0.15, -0.1) is 0 Å². The molecule has 6 unspecified atom stereocenters. The summed E-state index contributed by atoms with van der Waals surface area (Å²) in [6.45, 7) is 0.448. The second kappa shape index (κ2) is 11.3. The zero-order valence-electron chi connectivity index (χ0n) is 23.3. The van der Waals surface area contributed by atoms with Gasteiger partial charge in [0.15, 0.2) is 5.69 Å². The molecule has 0 bridgehead atoms. The van der Waals surface area contributed by atoms with Gasteiger partial charge in [-0.2, -0.15) is 18.3 Å². The number of carbonyl (C=O) groups excluding carboxylic acids is 1. The summed E-state index contributed by atoms with van der Waals surface area (Å²) in [5.41, 5.74) is -0.465. The Hall–Kier alpha value is -2.63. The van der Waals surface area contributed by atoms with E-state index in [0.717, 1.165) is 12.8 Å². The topological polar surface area (TPSA) is 89.9 Å². The number of nitrogens with zero attached hydrogens (tertiary/aromatic N) is 4. The number of nitrogens with one attached hydrogen (secondary N) is 2. The molecule has 3 aliphatic carbocycles. The lowest BCUT2D eigenvalue weighted by Crippen LogP contribution is -2.49. The van der Waals surface area contributed by atoms with Crippen LogP contribution in [0.3, 0.4) is 0 Å². The first-order valence-corrected chi connectivity index (χ1v) is 14.3. The maximum absolute atomic E-state index is 14.3. The molecule has 3 aliphatic rings. The summed E-state index contributed by atoms with van der Waals surface area (Å²) in [5.74, 6) is -0.725. The van der Waals surface area contributed by atoms with Crippen molar-refractivity contribution in [3.05, 3.63) is 35.5 Å². The summed E-state index contributed by atoms with van der Waals surface area (Å²) in [6, 6.07) is -0.0797. The van der Waals surface area contributed by atoms with Crippen molar-refractivity contribution in [3.63, 3.8) is 0 Å². The van der Waals surface area contributed by atoms with Crippen LogP contribution in [-0.4, -0.2) is 50.2 Å². The zero-order valence-corrected chi connectivity index (χ0v) is 23.3. The van der Waals surface area contributed by atoms with Crippen molar-refractivity contribution < 1.29 is 27.1 Å². The summed E-state index contributed by atoms with van der Waals surface area (Å²) in [6.07, 6.45) is 3.89. The Morgan fingerprint density at radius 2 is 1.85 bits per heavy atom. The summed E-state index contributed by atoms with van der Waals surface area (Å²) in [4.78, 5) is 13.8. The van der Waals surface area contributed by atoms with E-state index < -0.39 is 36.0 Å². The normalized spacial score (nSPS) is 30.3. The van der Waals surface area contributed by atoms with Crippen LogP contribution in [0.2, 0.25) is 0 Å². The number of hydrogen-bond donors (Lipinski definition) is 2. The van der Waals surface area contributed by atoms with Gasteiger partial charge >= 0.3 is 6.18 Å². The van der Waals surface area contributed by atoms with Crippen molar-refractivity contribution >= 4 is 5.91 Å². The smallest absolute Gasteiger partial charge is 0.378 e. The number of alkyl halides is 4. The number of imidazole rings is 1. The lowest BCUT2D eigenvalue weighted by Gasteiger charge is -2.38. The molecule has 12 heteroatoms. The predicted molar refractivity (Wildman–Crippen MR) is 139 cm³/mol. The molecule has 2 aromatic rings. The molecule has 0 spiro atoms. The number of carbonyl (C=O) groups is 1. The van der Waals surface area contributed by atoms with Crippen LogP contribution in [0.4, 0.5) is 17.6 Å². The van der Waals surface area contributed by atoms with Gasteiger partial charge in [0, 0.05) is 63.9 Å². The van der Waals surface area contributed by atoms with Crippen LogP contribution in [0.25, 0.3) is 0 Å². The Morgan fingerprint density at radius 3 is 2.48 bits per heavy atom. The Morgan fingerprint density at radius 1 is 1.12 bits per heavy atom. The second-order valence-electron chi connectivity index (χ2n) is 12.2. The van der Waals surface area contributed by atoms with Gasteiger partial charge in [0.2, 0.25) is 11.5 Å². The average molecular weight is 569 g/mol. The van der Waals surface area contributed by atoms with E-state index in [1.54, 1.807) is 28.6 Å². The van der Waals surface area contributed by atoms with Crippen molar-refractivity contribution in [3.8, 4) is 0 Å². The standard InChI is InChI=1S/C28H40F4N6O2/c1-36-8-9-38(27(36)33)14-16-10-19(21-15-37(2)35-25(21)28(30,31)32)12-20(11-16)26(39)34-24(17-4-5-17)18-6-7-22(29)23(13-18)40-3/h8-9,15-20,22-24,33H,4-7,10-14H2,1-3H3,(H,34,39)/t16?,18?,19?,20?,22?,23?,24-/m0/s1. The minimum Gasteiger partial charge on any atom is -0.378 e. The molecule has 7 atom stereocenters. The van der Waals surface area contributed by atoms with Crippen molar-refractivity contribution in [2.75, 3.05) is 7.11 Å². The summed E-state index contributed by atoms with van der Waals surface area (Å²) >= 11 is 0. The molecule has 0 saturated heterocycles. The van der Waals surface area contributed by atoms with Crippen molar-refractivity contribution in [1.29, 1.82) is 5.41 Å². The van der Waals surface area contributed by atoms with E-state index in [1.165, 1.54) is 25.0 Å². The third kappa shape index (κ3) is 6.16. The van der Waals surface area contributed by atoms with E-state index in [0.29, 0.717) is 56.6 Å². The summed E-state index contributed by atoms with van der Waals surface area (Å²) in [5, 5.41) is 15.3. The van der Waals surface area contributed by atoms with E-state index in [-0.39, 0.29) is 29.3 Å². The lowest BCUT2D eigenvalue weighted by atomic mass is 9.72. The summed E-state index contributed by atoms with van der Waals surface area (Å²) in [7, 11) is 4.77. The van der Waals surface area contributed by atoms with E-state index >= 15 is 0 Å². The van der Waals surface area contributed by atoms with E-state index in [1.807, 2.05) is 0 Å². The van der Waals surface area contributed by atoms with E-state index in [4.69, 9.17) is 10.1 Å². The number of ether oxygens (including phenoxy) is 1. The largest absolute Gasteiger partial charge is 0.435 e. The van der Waals surface area contributed by atoms with Crippen molar-refractivity contribution in [2.24, 2.45) is 37.8 Å². The van der Waals surface area contributed by atoms with Gasteiger partial charge < -0.3 is 19.2 Å². The highest BCUT2D eigenvalue weighted by atomic mass is 19.4. The minimum absolute atomic E-state index is 0.0797. The average Bonchev–Trinajstić information content (AvgIpc) is 3.60. The quantitative estimate of drug-likeness (QED) is 0.466. The molecule has 0 radical (unpaired) electrons. The van der Waals surface area contributed by atoms with Gasteiger partial charge in [-0.3, -0.25) is 14.9 Å². The van der Waals surface area contributed by atoms with Gasteiger partial charge in [-0.1, -0.05) is 0 Å². The van der Waals surface area contributed by atoms with Gasteiger partial charge in [0.05, 0.1) is 6.10 Å². The van der Waals surface area contributed by atoms with Crippen molar-refractivity contribution in [2.45, 2.75) is 88.3 Å². The fourth-order valence-electron chi connectivity index (χ4n) is 7.08. The Labute approximate surface area is 231 Å². The van der Waals surface area contributed by atoms with E-state index in [9.17, 15) is 22.4 Å². The van der Waals surface area contributed by atoms with Crippen LogP contribution in [0.15, 0.2) is 18.6 Å². The minimum atomic E-state index is -4.59. The van der Waals surface area contributed by atoms with Crippen LogP contribution in [0, 0.1) is 29.1 Å². The van der Waals surface area contributed by atoms with Crippen LogP contribution in [-0.2, 0) is 36.3 Å². The molecule has 2 aromatic heterocycles. The highest BCUT2D eigenvalue weighted by Crippen LogP contribution is 2.45. The Kier molecular flexibility index (Phi) is 8.18. The molecule has 2 heterocycles. The fourth-order valence-corrected chi connectivity index (χ4v) is 7.08. The highest BCUT2D eigenvalue weighted by molar-refractivity contribution is 5.79. The molecule has 1 amide bonds. The number of amides is 1. The molecular formula is C28H40F4N6O2. The SMILES string of the molecule is COC1CC([C@@H](NC(=O)C2CC(Cn3ccn(C)c3=N)CC(c3cn(C)nc3C(F)(F)F)C2)C2CC2)CCC1F. The van der Waals surface area contributed by atoms with Gasteiger partial charge in [0.25, 0.3) is 0 Å². The van der Waals surface area contributed by atoms with Gasteiger partial charge in [-0.25, -0.2) is 4.39 Å². The number of aryl methyl sites for hydroxylation is 2. The number of hydrogen-bond acceptors (Lipinski definition) is 4. The highest BCUT2D eigenvalue weighted by Gasteiger charge is 2.45.